The molecule has 0 unspecified atom stereocenters. The van der Waals surface area contributed by atoms with Crippen molar-refractivity contribution in [2.45, 2.75) is 33.1 Å². The van der Waals surface area contributed by atoms with E-state index in [2.05, 4.69) is 24.1 Å². The molecule has 94 valence electrons. The van der Waals surface area contributed by atoms with Crippen LogP contribution in [0.3, 0.4) is 0 Å². The van der Waals surface area contributed by atoms with E-state index in [1.807, 2.05) is 12.1 Å². The predicted molar refractivity (Wildman–Crippen MR) is 70.3 cm³/mol. The van der Waals surface area contributed by atoms with Gasteiger partial charge in [0.15, 0.2) is 0 Å². The average Bonchev–Trinajstić information content (AvgIpc) is 3.05. The molecule has 1 saturated carbocycles. The van der Waals surface area contributed by atoms with Crippen LogP contribution in [0.1, 0.15) is 33.1 Å². The first-order valence-electron chi connectivity index (χ1n) is 6.26. The van der Waals surface area contributed by atoms with Crippen molar-refractivity contribution in [2.75, 3.05) is 24.2 Å². The monoisotopic (exact) mass is 235 g/mol. The number of hydrogen-bond donors (Lipinski definition) is 2. The first kappa shape index (κ1) is 12.0. The number of ether oxygens (including phenoxy) is 1. The lowest BCUT2D eigenvalue weighted by Crippen LogP contribution is -2.13. The van der Waals surface area contributed by atoms with Gasteiger partial charge in [-0.1, -0.05) is 13.8 Å². The number of anilines is 2. The van der Waals surface area contributed by atoms with Gasteiger partial charge < -0.3 is 15.8 Å². The van der Waals surface area contributed by atoms with E-state index < -0.39 is 0 Å². The molecule has 4 nitrogen and oxygen atoms in total. The average molecular weight is 235 g/mol. The zero-order valence-electron chi connectivity index (χ0n) is 10.6. The Hall–Kier alpha value is -1.45. The van der Waals surface area contributed by atoms with Crippen LogP contribution in [0, 0.1) is 5.41 Å². The molecule has 3 N–H and O–H groups in total. The minimum Gasteiger partial charge on any atom is -0.476 e. The number of nitrogens with zero attached hydrogens (tertiary/aromatic N) is 1. The van der Waals surface area contributed by atoms with Gasteiger partial charge in [0.1, 0.15) is 5.82 Å². The van der Waals surface area contributed by atoms with Gasteiger partial charge in [0.25, 0.3) is 0 Å². The normalized spacial score (nSPS) is 16.6. The zero-order valence-corrected chi connectivity index (χ0v) is 10.6. The van der Waals surface area contributed by atoms with E-state index in [0.717, 1.165) is 18.8 Å². The van der Waals surface area contributed by atoms with Gasteiger partial charge in [-0.05, 0) is 36.8 Å². The van der Waals surface area contributed by atoms with Crippen LogP contribution in [0.4, 0.5) is 11.5 Å². The Balaban J connectivity index is 1.97. The number of pyridine rings is 1. The van der Waals surface area contributed by atoms with Gasteiger partial charge in [-0.15, -0.1) is 0 Å². The van der Waals surface area contributed by atoms with E-state index in [0.29, 0.717) is 23.6 Å². The quantitative estimate of drug-likeness (QED) is 0.795. The third-order valence-electron chi connectivity index (χ3n) is 3.13. The van der Waals surface area contributed by atoms with Crippen molar-refractivity contribution in [2.24, 2.45) is 5.41 Å². The van der Waals surface area contributed by atoms with Crippen LogP contribution in [0.15, 0.2) is 12.1 Å². The molecule has 1 heterocycles. The lowest BCUT2D eigenvalue weighted by molar-refractivity contribution is 0.307. The fraction of sp³-hybridized carbons (Fsp3) is 0.615. The molecule has 4 heteroatoms. The van der Waals surface area contributed by atoms with Crippen molar-refractivity contribution in [1.82, 2.24) is 4.98 Å². The van der Waals surface area contributed by atoms with E-state index >= 15 is 0 Å². The summed E-state index contributed by atoms with van der Waals surface area (Å²) >= 11 is 0. The van der Waals surface area contributed by atoms with E-state index in [1.165, 1.54) is 12.8 Å². The van der Waals surface area contributed by atoms with Crippen LogP contribution >= 0.6 is 0 Å². The Labute approximate surface area is 103 Å². The minimum absolute atomic E-state index is 0.466. The third-order valence-corrected chi connectivity index (χ3v) is 3.13. The number of nitrogens with two attached hydrogens (primary N) is 1. The second-order valence-corrected chi connectivity index (χ2v) is 5.10. The SMILES string of the molecule is CCCOc1nc(NCC2(C)CC2)ccc1N. The van der Waals surface area contributed by atoms with Crippen molar-refractivity contribution < 1.29 is 4.74 Å². The second-order valence-electron chi connectivity index (χ2n) is 5.10. The summed E-state index contributed by atoms with van der Waals surface area (Å²) in [6.45, 7) is 5.97. The molecule has 0 aliphatic heterocycles. The summed E-state index contributed by atoms with van der Waals surface area (Å²) in [5, 5.41) is 3.34. The molecule has 0 radical (unpaired) electrons. The maximum Gasteiger partial charge on any atom is 0.239 e. The molecule has 1 aliphatic rings. The largest absolute Gasteiger partial charge is 0.476 e. The fourth-order valence-corrected chi connectivity index (χ4v) is 1.56. The number of nitrogen functional groups attached to an aromatic ring is 1. The van der Waals surface area contributed by atoms with Crippen LogP contribution in [0.25, 0.3) is 0 Å². The second kappa shape index (κ2) is 4.82. The standard InChI is InChI=1S/C13H21N3O/c1-3-8-17-12-10(14)4-5-11(16-12)15-9-13(2)6-7-13/h4-5H,3,6-9,14H2,1-2H3,(H,15,16). The highest BCUT2D eigenvalue weighted by Gasteiger charge is 2.36. The zero-order chi connectivity index (χ0) is 12.3. The molecule has 0 amide bonds. The number of nitrogens with one attached hydrogen (secondary N) is 1. The van der Waals surface area contributed by atoms with Gasteiger partial charge in [-0.3, -0.25) is 0 Å². The lowest BCUT2D eigenvalue weighted by Gasteiger charge is -2.13. The molecular formula is C13H21N3O. The molecule has 0 atom stereocenters. The maximum atomic E-state index is 5.81. The van der Waals surface area contributed by atoms with E-state index in [4.69, 9.17) is 10.5 Å². The molecule has 0 bridgehead atoms. The molecule has 0 spiro atoms. The molecule has 1 aliphatic carbocycles. The topological polar surface area (TPSA) is 60.2 Å². The fourth-order valence-electron chi connectivity index (χ4n) is 1.56. The Morgan fingerprint density at radius 3 is 2.88 bits per heavy atom. The molecule has 2 rings (SSSR count). The molecular weight excluding hydrogens is 214 g/mol. The summed E-state index contributed by atoms with van der Waals surface area (Å²) in [5.41, 5.74) is 6.87. The van der Waals surface area contributed by atoms with Crippen molar-refractivity contribution in [3.63, 3.8) is 0 Å². The van der Waals surface area contributed by atoms with E-state index in [-0.39, 0.29) is 0 Å². The van der Waals surface area contributed by atoms with Crippen LogP contribution in [-0.2, 0) is 0 Å². The van der Waals surface area contributed by atoms with Gasteiger partial charge in [0.05, 0.1) is 12.3 Å². The number of aromatic nitrogens is 1. The van der Waals surface area contributed by atoms with E-state index in [9.17, 15) is 0 Å². The molecule has 1 aromatic rings. The Morgan fingerprint density at radius 1 is 1.47 bits per heavy atom. The van der Waals surface area contributed by atoms with Crippen molar-refractivity contribution in [3.05, 3.63) is 12.1 Å². The summed E-state index contributed by atoms with van der Waals surface area (Å²) < 4.78 is 5.50. The summed E-state index contributed by atoms with van der Waals surface area (Å²) in [7, 11) is 0. The van der Waals surface area contributed by atoms with Crippen molar-refractivity contribution >= 4 is 11.5 Å². The van der Waals surface area contributed by atoms with Crippen molar-refractivity contribution in [3.8, 4) is 5.88 Å². The molecule has 1 aromatic heterocycles. The summed E-state index contributed by atoms with van der Waals surface area (Å²) in [6.07, 6.45) is 3.55. The molecule has 0 saturated heterocycles. The van der Waals surface area contributed by atoms with E-state index in [1.54, 1.807) is 0 Å². The lowest BCUT2D eigenvalue weighted by atomic mass is 10.1. The van der Waals surface area contributed by atoms with Gasteiger partial charge in [0, 0.05) is 6.54 Å². The Kier molecular flexibility index (Phi) is 3.41. The maximum absolute atomic E-state index is 5.81. The highest BCUT2D eigenvalue weighted by Crippen LogP contribution is 2.44. The highest BCUT2D eigenvalue weighted by atomic mass is 16.5. The van der Waals surface area contributed by atoms with Crippen molar-refractivity contribution in [1.29, 1.82) is 0 Å². The molecule has 1 fully saturated rings. The summed E-state index contributed by atoms with van der Waals surface area (Å²) in [6, 6.07) is 3.75. The predicted octanol–water partition coefficient (Wildman–Crippen LogP) is 2.66. The number of rotatable bonds is 6. The summed E-state index contributed by atoms with van der Waals surface area (Å²) in [5.74, 6) is 1.39. The van der Waals surface area contributed by atoms with Crippen LogP contribution in [-0.4, -0.2) is 18.1 Å². The van der Waals surface area contributed by atoms with Gasteiger partial charge in [0.2, 0.25) is 5.88 Å². The Morgan fingerprint density at radius 2 is 2.24 bits per heavy atom. The third kappa shape index (κ3) is 3.25. The first-order valence-corrected chi connectivity index (χ1v) is 6.26. The first-order chi connectivity index (χ1) is 8.13. The minimum atomic E-state index is 0.466. The van der Waals surface area contributed by atoms with Gasteiger partial charge in [-0.2, -0.15) is 4.98 Å². The van der Waals surface area contributed by atoms with Gasteiger partial charge >= 0.3 is 0 Å². The highest BCUT2D eigenvalue weighted by molar-refractivity contribution is 5.53. The Bertz CT molecular complexity index is 388. The molecule has 17 heavy (non-hydrogen) atoms. The molecule has 0 aromatic carbocycles. The van der Waals surface area contributed by atoms with Gasteiger partial charge in [-0.25, -0.2) is 0 Å². The van der Waals surface area contributed by atoms with Crippen LogP contribution in [0.2, 0.25) is 0 Å². The summed E-state index contributed by atoms with van der Waals surface area (Å²) in [4.78, 5) is 4.38. The smallest absolute Gasteiger partial charge is 0.239 e. The van der Waals surface area contributed by atoms with Crippen LogP contribution < -0.4 is 15.8 Å². The van der Waals surface area contributed by atoms with Crippen LogP contribution in [0.5, 0.6) is 5.88 Å². The number of hydrogen-bond acceptors (Lipinski definition) is 4.